The van der Waals surface area contributed by atoms with Crippen LogP contribution in [0.25, 0.3) is 6.08 Å². The standard InChI is InChI=1S/C39H33N5O4S2/c1-24-17-19-27(20-18-24)21-33(43-36(46)28-11-6-4-7-12-28)37(47)42-30-15-10-16-31(22-30)49-26(3)35(45)44-39-32(23-40)25(2)34(50-39)38(48)41-29-13-8-5-9-14-29/h4-22,26H,1-3H3,(H,41,48)(H,42,47)(H,43,46)(H,44,45)/b33-21+. The minimum atomic E-state index is -0.598. The summed E-state index contributed by atoms with van der Waals surface area (Å²) in [5, 5.41) is 20.8. The molecule has 0 saturated heterocycles. The first-order valence-electron chi connectivity index (χ1n) is 15.5. The molecule has 11 heteroatoms. The normalized spacial score (nSPS) is 11.5. The lowest BCUT2D eigenvalue weighted by Gasteiger charge is -2.14. The molecule has 0 aliphatic heterocycles. The predicted octanol–water partition coefficient (Wildman–Crippen LogP) is 8.02. The SMILES string of the molecule is Cc1ccc(/C=C(/NC(=O)c2ccccc2)C(=O)Nc2cccc(SC(C)C(=O)Nc3sc(C(=O)Nc4ccccc4)c(C)c3C#N)c2)cc1. The van der Waals surface area contributed by atoms with Gasteiger partial charge in [0, 0.05) is 21.8 Å². The topological polar surface area (TPSA) is 140 Å². The largest absolute Gasteiger partial charge is 0.321 e. The van der Waals surface area contributed by atoms with E-state index in [1.807, 2.05) is 43.3 Å². The summed E-state index contributed by atoms with van der Waals surface area (Å²) >= 11 is 2.31. The van der Waals surface area contributed by atoms with Gasteiger partial charge in [0.15, 0.2) is 0 Å². The molecule has 4 N–H and O–H groups in total. The molecule has 4 amide bonds. The van der Waals surface area contributed by atoms with Crippen molar-refractivity contribution >= 4 is 69.2 Å². The molecule has 4 aromatic carbocycles. The maximum atomic E-state index is 13.5. The van der Waals surface area contributed by atoms with Crippen LogP contribution in [0.4, 0.5) is 16.4 Å². The van der Waals surface area contributed by atoms with Crippen LogP contribution in [0.3, 0.4) is 0 Å². The predicted molar refractivity (Wildman–Crippen MR) is 200 cm³/mol. The summed E-state index contributed by atoms with van der Waals surface area (Å²) in [6, 6.07) is 34.3. The Labute approximate surface area is 298 Å². The Balaban J connectivity index is 1.27. The number of hydrogen-bond donors (Lipinski definition) is 4. The second-order valence-electron chi connectivity index (χ2n) is 11.2. The Hall–Kier alpha value is -5.96. The number of nitriles is 1. The molecule has 0 saturated carbocycles. The second-order valence-corrected chi connectivity index (χ2v) is 13.6. The van der Waals surface area contributed by atoms with E-state index in [2.05, 4.69) is 27.3 Å². The van der Waals surface area contributed by atoms with Crippen molar-refractivity contribution in [3.8, 4) is 6.07 Å². The Bertz CT molecular complexity index is 2100. The van der Waals surface area contributed by atoms with Crippen LogP contribution in [-0.4, -0.2) is 28.9 Å². The lowest BCUT2D eigenvalue weighted by Crippen LogP contribution is -2.30. The first kappa shape index (κ1) is 35.3. The van der Waals surface area contributed by atoms with Crippen LogP contribution in [-0.2, 0) is 9.59 Å². The monoisotopic (exact) mass is 699 g/mol. The van der Waals surface area contributed by atoms with Crippen LogP contribution in [0.2, 0.25) is 0 Å². The van der Waals surface area contributed by atoms with Crippen molar-refractivity contribution in [3.05, 3.63) is 148 Å². The number of amides is 4. The summed E-state index contributed by atoms with van der Waals surface area (Å²) in [6.45, 7) is 5.36. The fourth-order valence-electron chi connectivity index (χ4n) is 4.75. The van der Waals surface area contributed by atoms with Gasteiger partial charge in [-0.25, -0.2) is 0 Å². The van der Waals surface area contributed by atoms with Gasteiger partial charge in [0.1, 0.15) is 16.8 Å². The molecule has 0 spiro atoms. The van der Waals surface area contributed by atoms with Crippen LogP contribution >= 0.6 is 23.1 Å². The molecular weight excluding hydrogens is 667 g/mol. The molecule has 0 fully saturated rings. The molecule has 50 heavy (non-hydrogen) atoms. The number of carbonyl (C=O) groups is 4. The molecule has 0 bridgehead atoms. The van der Waals surface area contributed by atoms with E-state index in [0.717, 1.165) is 22.5 Å². The van der Waals surface area contributed by atoms with Gasteiger partial charge in [0.25, 0.3) is 17.7 Å². The molecule has 1 unspecified atom stereocenters. The van der Waals surface area contributed by atoms with E-state index < -0.39 is 17.1 Å². The third kappa shape index (κ3) is 9.14. The summed E-state index contributed by atoms with van der Waals surface area (Å²) in [6.07, 6.45) is 1.61. The van der Waals surface area contributed by atoms with Gasteiger partial charge in [0.2, 0.25) is 5.91 Å². The zero-order chi connectivity index (χ0) is 35.6. The summed E-state index contributed by atoms with van der Waals surface area (Å²) in [4.78, 5) is 53.8. The quantitative estimate of drug-likeness (QED) is 0.0813. The van der Waals surface area contributed by atoms with E-state index in [1.54, 1.807) is 92.7 Å². The van der Waals surface area contributed by atoms with Crippen molar-refractivity contribution in [2.75, 3.05) is 16.0 Å². The number of thiophene rings is 1. The summed E-state index contributed by atoms with van der Waals surface area (Å²) < 4.78 is 0. The Morgan fingerprint density at radius 3 is 2.12 bits per heavy atom. The van der Waals surface area contributed by atoms with Crippen molar-refractivity contribution in [1.29, 1.82) is 5.26 Å². The fraction of sp³-hybridized carbons (Fsp3) is 0.103. The average Bonchev–Trinajstić information content (AvgIpc) is 3.43. The Morgan fingerprint density at radius 1 is 0.780 bits per heavy atom. The fourth-order valence-corrected chi connectivity index (χ4v) is 6.73. The molecule has 0 radical (unpaired) electrons. The highest BCUT2D eigenvalue weighted by Crippen LogP contribution is 2.34. The van der Waals surface area contributed by atoms with E-state index >= 15 is 0 Å². The highest BCUT2D eigenvalue weighted by atomic mass is 32.2. The number of nitrogens with zero attached hydrogens (tertiary/aromatic N) is 1. The molecule has 5 rings (SSSR count). The number of carbonyl (C=O) groups excluding carboxylic acids is 4. The minimum absolute atomic E-state index is 0.0601. The number of aryl methyl sites for hydroxylation is 1. The molecule has 5 aromatic rings. The van der Waals surface area contributed by atoms with E-state index in [4.69, 9.17) is 0 Å². The van der Waals surface area contributed by atoms with Crippen molar-refractivity contribution in [3.63, 3.8) is 0 Å². The molecule has 250 valence electrons. The summed E-state index contributed by atoms with van der Waals surface area (Å²) in [5.41, 5.74) is 4.07. The molecule has 1 heterocycles. The number of hydrogen-bond acceptors (Lipinski definition) is 7. The van der Waals surface area contributed by atoms with Crippen LogP contribution in [0.5, 0.6) is 0 Å². The van der Waals surface area contributed by atoms with Crippen LogP contribution in [0, 0.1) is 25.2 Å². The number of nitrogens with one attached hydrogen (secondary N) is 4. The number of anilines is 3. The van der Waals surface area contributed by atoms with E-state index in [-0.39, 0.29) is 23.1 Å². The highest BCUT2D eigenvalue weighted by molar-refractivity contribution is 8.00. The third-order valence-corrected chi connectivity index (χ3v) is 9.72. The smallest absolute Gasteiger partial charge is 0.272 e. The van der Waals surface area contributed by atoms with Gasteiger partial charge in [-0.1, -0.05) is 72.3 Å². The lowest BCUT2D eigenvalue weighted by atomic mass is 10.1. The molecule has 0 aliphatic rings. The average molecular weight is 700 g/mol. The number of benzene rings is 4. The zero-order valence-electron chi connectivity index (χ0n) is 27.4. The van der Waals surface area contributed by atoms with Crippen molar-refractivity contribution < 1.29 is 19.2 Å². The molecule has 1 aromatic heterocycles. The van der Waals surface area contributed by atoms with Crippen molar-refractivity contribution in [2.45, 2.75) is 30.9 Å². The van der Waals surface area contributed by atoms with E-state index in [0.29, 0.717) is 37.3 Å². The lowest BCUT2D eigenvalue weighted by molar-refractivity contribution is -0.115. The molecular formula is C39H33N5O4S2. The minimum Gasteiger partial charge on any atom is -0.321 e. The number of thioether (sulfide) groups is 1. The second kappa shape index (κ2) is 16.4. The van der Waals surface area contributed by atoms with Crippen molar-refractivity contribution in [2.24, 2.45) is 0 Å². The number of para-hydroxylation sites is 1. The van der Waals surface area contributed by atoms with Gasteiger partial charge in [-0.15, -0.1) is 23.1 Å². The van der Waals surface area contributed by atoms with Crippen LogP contribution in [0.15, 0.2) is 120 Å². The molecule has 0 aliphatic carbocycles. The Morgan fingerprint density at radius 2 is 1.44 bits per heavy atom. The van der Waals surface area contributed by atoms with Gasteiger partial charge in [-0.2, -0.15) is 5.26 Å². The third-order valence-electron chi connectivity index (χ3n) is 7.42. The molecule has 9 nitrogen and oxygen atoms in total. The highest BCUT2D eigenvalue weighted by Gasteiger charge is 2.24. The van der Waals surface area contributed by atoms with Crippen LogP contribution in [0.1, 0.15) is 49.2 Å². The van der Waals surface area contributed by atoms with Gasteiger partial charge >= 0.3 is 0 Å². The first-order valence-corrected chi connectivity index (χ1v) is 17.2. The van der Waals surface area contributed by atoms with Crippen molar-refractivity contribution in [1.82, 2.24) is 5.32 Å². The number of rotatable bonds is 11. The maximum Gasteiger partial charge on any atom is 0.272 e. The van der Waals surface area contributed by atoms with Gasteiger partial charge in [-0.05, 0) is 80.4 Å². The zero-order valence-corrected chi connectivity index (χ0v) is 29.1. The summed E-state index contributed by atoms with van der Waals surface area (Å²) in [5.74, 6) is -1.67. The molecule has 1 atom stereocenters. The van der Waals surface area contributed by atoms with Gasteiger partial charge < -0.3 is 21.3 Å². The first-order chi connectivity index (χ1) is 24.1. The summed E-state index contributed by atoms with van der Waals surface area (Å²) in [7, 11) is 0. The maximum absolute atomic E-state index is 13.5. The van der Waals surface area contributed by atoms with E-state index in [1.165, 1.54) is 11.8 Å². The Kier molecular flexibility index (Phi) is 11.6. The van der Waals surface area contributed by atoms with Crippen LogP contribution < -0.4 is 21.3 Å². The van der Waals surface area contributed by atoms with Gasteiger partial charge in [0.05, 0.1) is 15.7 Å². The van der Waals surface area contributed by atoms with Gasteiger partial charge in [-0.3, -0.25) is 19.2 Å². The van der Waals surface area contributed by atoms with E-state index in [9.17, 15) is 24.4 Å².